The van der Waals surface area contributed by atoms with E-state index in [1.165, 1.54) is 18.2 Å². The first kappa shape index (κ1) is 17.0. The highest BCUT2D eigenvalue weighted by molar-refractivity contribution is 6.34. The molecule has 1 amide bonds. The Labute approximate surface area is 133 Å². The third kappa shape index (κ3) is 4.24. The Bertz CT molecular complexity index is 731. The van der Waals surface area contributed by atoms with Crippen LogP contribution in [0.2, 0.25) is 5.02 Å². The number of rotatable bonds is 4. The van der Waals surface area contributed by atoms with Gasteiger partial charge in [0.2, 0.25) is 0 Å². The van der Waals surface area contributed by atoms with Crippen molar-refractivity contribution in [3.05, 3.63) is 40.1 Å². The minimum absolute atomic E-state index is 0.0569. The first-order chi connectivity index (χ1) is 10.4. The Kier molecular flexibility index (Phi) is 5.96. The summed E-state index contributed by atoms with van der Waals surface area (Å²) in [6, 6.07) is 9.41. The number of carbonyl (C=O) groups excluding carboxylic acids is 1. The standard InChI is InChI=1S/C15H12ClN5O/c1-9(2)20-15(22)12-5-11(3-4-13(12)16)21-14(8-19)10(6-17)7-18/h3-5,9,21H,1-2H3,(H,20,22). The number of halogens is 1. The van der Waals surface area contributed by atoms with Crippen LogP contribution in [-0.2, 0) is 0 Å². The Hall–Kier alpha value is -3.01. The van der Waals surface area contributed by atoms with Crippen LogP contribution in [0, 0.1) is 34.0 Å². The summed E-state index contributed by atoms with van der Waals surface area (Å²) in [4.78, 5) is 12.0. The molecule has 1 aromatic carbocycles. The van der Waals surface area contributed by atoms with Crippen molar-refractivity contribution in [2.45, 2.75) is 19.9 Å². The second-order valence-corrected chi connectivity index (χ2v) is 4.94. The SMILES string of the molecule is CC(C)NC(=O)c1cc(NC(C#N)=C(C#N)C#N)ccc1Cl. The van der Waals surface area contributed by atoms with Crippen molar-refractivity contribution in [1.82, 2.24) is 5.32 Å². The number of nitrogens with one attached hydrogen (secondary N) is 2. The molecule has 0 heterocycles. The van der Waals surface area contributed by atoms with Gasteiger partial charge < -0.3 is 10.6 Å². The van der Waals surface area contributed by atoms with Gasteiger partial charge in [-0.2, -0.15) is 15.8 Å². The Morgan fingerprint density at radius 3 is 2.32 bits per heavy atom. The molecule has 0 aromatic heterocycles. The summed E-state index contributed by atoms with van der Waals surface area (Å²) in [5.41, 5.74) is 0.0687. The number of benzene rings is 1. The molecule has 0 fully saturated rings. The number of allylic oxidation sites excluding steroid dienone is 2. The first-order valence-corrected chi connectivity index (χ1v) is 6.62. The minimum Gasteiger partial charge on any atom is -0.350 e. The van der Waals surface area contributed by atoms with Crippen LogP contribution in [0.3, 0.4) is 0 Å². The summed E-state index contributed by atoms with van der Waals surface area (Å²) in [5.74, 6) is -0.355. The third-order valence-corrected chi connectivity index (χ3v) is 2.82. The van der Waals surface area contributed by atoms with Gasteiger partial charge in [0, 0.05) is 11.7 Å². The molecule has 0 unspecified atom stereocenters. The molecule has 0 aliphatic carbocycles. The molecule has 2 N–H and O–H groups in total. The van der Waals surface area contributed by atoms with Crippen LogP contribution in [-0.4, -0.2) is 11.9 Å². The quantitative estimate of drug-likeness (QED) is 0.830. The number of hydrogen-bond donors (Lipinski definition) is 2. The van der Waals surface area contributed by atoms with E-state index in [0.717, 1.165) is 0 Å². The molecule has 1 rings (SSSR count). The zero-order chi connectivity index (χ0) is 16.7. The van der Waals surface area contributed by atoms with Crippen molar-refractivity contribution in [2.75, 3.05) is 5.32 Å². The molecule has 0 saturated carbocycles. The average molecular weight is 314 g/mol. The van der Waals surface area contributed by atoms with E-state index in [9.17, 15) is 4.79 Å². The molecule has 0 aliphatic rings. The molecule has 0 spiro atoms. The van der Waals surface area contributed by atoms with Gasteiger partial charge in [0.25, 0.3) is 5.91 Å². The van der Waals surface area contributed by atoms with E-state index in [2.05, 4.69) is 10.6 Å². The molecule has 22 heavy (non-hydrogen) atoms. The number of amides is 1. The van der Waals surface area contributed by atoms with Crippen molar-refractivity contribution < 1.29 is 4.79 Å². The number of carbonyl (C=O) groups is 1. The van der Waals surface area contributed by atoms with E-state index >= 15 is 0 Å². The molecule has 0 atom stereocenters. The predicted octanol–water partition coefficient (Wildman–Crippen LogP) is 2.71. The van der Waals surface area contributed by atoms with Gasteiger partial charge in [0.1, 0.15) is 23.9 Å². The average Bonchev–Trinajstić information content (AvgIpc) is 2.48. The summed E-state index contributed by atoms with van der Waals surface area (Å²) >= 11 is 5.99. The molecule has 1 aromatic rings. The van der Waals surface area contributed by atoms with Gasteiger partial charge in [0.05, 0.1) is 10.6 Å². The highest BCUT2D eigenvalue weighted by Crippen LogP contribution is 2.22. The van der Waals surface area contributed by atoms with Crippen LogP contribution in [0.4, 0.5) is 5.69 Å². The normalized spacial score (nSPS) is 9.14. The number of hydrogen-bond acceptors (Lipinski definition) is 5. The highest BCUT2D eigenvalue weighted by Gasteiger charge is 2.13. The fourth-order valence-corrected chi connectivity index (χ4v) is 1.75. The van der Waals surface area contributed by atoms with Crippen molar-refractivity contribution in [3.63, 3.8) is 0 Å². The Morgan fingerprint density at radius 2 is 1.82 bits per heavy atom. The second-order valence-electron chi connectivity index (χ2n) is 4.53. The van der Waals surface area contributed by atoms with Gasteiger partial charge in [-0.3, -0.25) is 4.79 Å². The number of nitriles is 3. The van der Waals surface area contributed by atoms with E-state index in [0.29, 0.717) is 5.69 Å². The predicted molar refractivity (Wildman–Crippen MR) is 81.5 cm³/mol. The van der Waals surface area contributed by atoms with Crippen LogP contribution in [0.15, 0.2) is 29.5 Å². The largest absolute Gasteiger partial charge is 0.350 e. The van der Waals surface area contributed by atoms with Crippen LogP contribution in [0.5, 0.6) is 0 Å². The Balaban J connectivity index is 3.18. The summed E-state index contributed by atoms with van der Waals surface area (Å²) in [6.45, 7) is 3.63. The molecular formula is C15H12ClN5O. The maximum absolute atomic E-state index is 12.0. The lowest BCUT2D eigenvalue weighted by Gasteiger charge is -2.11. The van der Waals surface area contributed by atoms with E-state index in [4.69, 9.17) is 27.4 Å². The molecule has 6 nitrogen and oxygen atoms in total. The maximum Gasteiger partial charge on any atom is 0.253 e. The molecule has 7 heteroatoms. The van der Waals surface area contributed by atoms with Crippen LogP contribution in [0.25, 0.3) is 0 Å². The van der Waals surface area contributed by atoms with Gasteiger partial charge in [-0.25, -0.2) is 0 Å². The van der Waals surface area contributed by atoms with Crippen molar-refractivity contribution in [2.24, 2.45) is 0 Å². The van der Waals surface area contributed by atoms with Gasteiger partial charge in [0.15, 0.2) is 5.57 Å². The fourth-order valence-electron chi connectivity index (χ4n) is 1.54. The lowest BCUT2D eigenvalue weighted by Crippen LogP contribution is -2.30. The van der Waals surface area contributed by atoms with Gasteiger partial charge in [-0.1, -0.05) is 11.6 Å². The second kappa shape index (κ2) is 7.69. The zero-order valence-corrected chi connectivity index (χ0v) is 12.7. The zero-order valence-electron chi connectivity index (χ0n) is 11.9. The summed E-state index contributed by atoms with van der Waals surface area (Å²) in [7, 11) is 0. The third-order valence-electron chi connectivity index (χ3n) is 2.49. The van der Waals surface area contributed by atoms with E-state index in [1.54, 1.807) is 18.2 Å². The van der Waals surface area contributed by atoms with Crippen LogP contribution >= 0.6 is 11.6 Å². The Morgan fingerprint density at radius 1 is 1.18 bits per heavy atom. The molecular weight excluding hydrogens is 302 g/mol. The highest BCUT2D eigenvalue weighted by atomic mass is 35.5. The number of anilines is 1. The summed E-state index contributed by atoms with van der Waals surface area (Å²) in [5, 5.41) is 32.2. The van der Waals surface area contributed by atoms with Crippen LogP contribution < -0.4 is 10.6 Å². The van der Waals surface area contributed by atoms with E-state index in [1.807, 2.05) is 13.8 Å². The molecule has 0 bridgehead atoms. The summed E-state index contributed by atoms with van der Waals surface area (Å²) in [6.07, 6.45) is 0. The van der Waals surface area contributed by atoms with Crippen molar-refractivity contribution in [3.8, 4) is 18.2 Å². The maximum atomic E-state index is 12.0. The fraction of sp³-hybridized carbons (Fsp3) is 0.200. The van der Waals surface area contributed by atoms with Gasteiger partial charge in [-0.15, -0.1) is 0 Å². The minimum atomic E-state index is -0.355. The van der Waals surface area contributed by atoms with Gasteiger partial charge in [-0.05, 0) is 32.0 Å². The first-order valence-electron chi connectivity index (χ1n) is 6.25. The van der Waals surface area contributed by atoms with E-state index < -0.39 is 0 Å². The molecule has 0 radical (unpaired) electrons. The van der Waals surface area contributed by atoms with E-state index in [-0.39, 0.29) is 33.8 Å². The topological polar surface area (TPSA) is 112 Å². The van der Waals surface area contributed by atoms with Crippen molar-refractivity contribution >= 4 is 23.2 Å². The van der Waals surface area contributed by atoms with Crippen molar-refractivity contribution in [1.29, 1.82) is 15.8 Å². The smallest absolute Gasteiger partial charge is 0.253 e. The van der Waals surface area contributed by atoms with Crippen LogP contribution in [0.1, 0.15) is 24.2 Å². The molecule has 0 saturated heterocycles. The number of nitrogens with zero attached hydrogens (tertiary/aromatic N) is 3. The lowest BCUT2D eigenvalue weighted by atomic mass is 10.1. The lowest BCUT2D eigenvalue weighted by molar-refractivity contribution is 0.0943. The summed E-state index contributed by atoms with van der Waals surface area (Å²) < 4.78 is 0. The molecule has 110 valence electrons. The molecule has 0 aliphatic heterocycles. The van der Waals surface area contributed by atoms with Gasteiger partial charge >= 0.3 is 0 Å². The monoisotopic (exact) mass is 313 g/mol.